The quantitative estimate of drug-likeness (QED) is 0.733. The van der Waals surface area contributed by atoms with Gasteiger partial charge in [0, 0.05) is 58.4 Å². The van der Waals surface area contributed by atoms with Crippen molar-refractivity contribution in [2.45, 2.75) is 38.6 Å². The molecule has 3 aliphatic rings. The fourth-order valence-corrected chi connectivity index (χ4v) is 4.72. The predicted octanol–water partition coefficient (Wildman–Crippen LogP) is 0.0729. The Bertz CT molecular complexity index is 499. The molecule has 0 bridgehead atoms. The Morgan fingerprint density at radius 3 is 2.33 bits per heavy atom. The number of amides is 2. The summed E-state index contributed by atoms with van der Waals surface area (Å²) < 4.78 is 0. The molecule has 0 aromatic carbocycles. The van der Waals surface area contributed by atoms with Gasteiger partial charge in [0.05, 0.1) is 12.5 Å². The summed E-state index contributed by atoms with van der Waals surface area (Å²) in [6, 6.07) is 0.568. The minimum atomic E-state index is 0.131. The van der Waals surface area contributed by atoms with Crippen LogP contribution in [0.25, 0.3) is 0 Å². The Morgan fingerprint density at radius 1 is 0.963 bits per heavy atom. The zero-order valence-corrected chi connectivity index (χ0v) is 17.2. The highest BCUT2D eigenvalue weighted by atomic mass is 16.2. The second kappa shape index (κ2) is 9.85. The zero-order valence-electron chi connectivity index (χ0n) is 17.2. The van der Waals surface area contributed by atoms with Crippen LogP contribution >= 0.6 is 0 Å². The molecule has 3 saturated heterocycles. The number of hydrogen-bond acceptors (Lipinski definition) is 5. The second-order valence-corrected chi connectivity index (χ2v) is 8.42. The van der Waals surface area contributed by atoms with Crippen LogP contribution < -0.4 is 5.32 Å². The first-order valence-electron chi connectivity index (χ1n) is 10.8. The third-order valence-electron chi connectivity index (χ3n) is 6.43. The highest BCUT2D eigenvalue weighted by Gasteiger charge is 2.34. The van der Waals surface area contributed by atoms with Crippen LogP contribution in [0.5, 0.6) is 0 Å². The van der Waals surface area contributed by atoms with Crippen LogP contribution in [0.4, 0.5) is 0 Å². The average molecular weight is 380 g/mol. The number of hydrogen-bond donors (Lipinski definition) is 1. The molecule has 2 amide bonds. The molecule has 3 fully saturated rings. The van der Waals surface area contributed by atoms with E-state index in [4.69, 9.17) is 0 Å². The van der Waals surface area contributed by atoms with Crippen molar-refractivity contribution in [2.75, 3.05) is 72.5 Å². The Balaban J connectivity index is 1.44. The molecule has 0 aliphatic carbocycles. The van der Waals surface area contributed by atoms with E-state index in [2.05, 4.69) is 32.0 Å². The predicted molar refractivity (Wildman–Crippen MR) is 107 cm³/mol. The van der Waals surface area contributed by atoms with E-state index in [1.165, 1.54) is 0 Å². The highest BCUT2D eigenvalue weighted by molar-refractivity contribution is 5.79. The molecule has 1 atom stereocenters. The van der Waals surface area contributed by atoms with E-state index in [9.17, 15) is 9.59 Å². The van der Waals surface area contributed by atoms with Crippen LogP contribution in [0, 0.1) is 5.92 Å². The van der Waals surface area contributed by atoms with Crippen LogP contribution in [-0.2, 0) is 9.59 Å². The van der Waals surface area contributed by atoms with Crippen molar-refractivity contribution in [3.05, 3.63) is 0 Å². The fraction of sp³-hybridized carbons (Fsp3) is 0.900. The molecule has 0 unspecified atom stereocenters. The number of piperidine rings is 2. The lowest BCUT2D eigenvalue weighted by Crippen LogP contribution is -2.54. The average Bonchev–Trinajstić information content (AvgIpc) is 2.69. The second-order valence-electron chi connectivity index (χ2n) is 8.42. The van der Waals surface area contributed by atoms with Gasteiger partial charge in [0.15, 0.2) is 0 Å². The topological polar surface area (TPSA) is 59.1 Å². The van der Waals surface area contributed by atoms with Crippen LogP contribution in [0.15, 0.2) is 0 Å². The lowest BCUT2D eigenvalue weighted by atomic mass is 9.92. The molecule has 0 saturated carbocycles. The van der Waals surface area contributed by atoms with Gasteiger partial charge in [-0.3, -0.25) is 19.4 Å². The van der Waals surface area contributed by atoms with Gasteiger partial charge in [0.2, 0.25) is 11.8 Å². The van der Waals surface area contributed by atoms with Gasteiger partial charge in [-0.1, -0.05) is 0 Å². The molecule has 0 spiro atoms. The Morgan fingerprint density at radius 2 is 1.67 bits per heavy atom. The minimum absolute atomic E-state index is 0.131. The molecule has 0 aromatic heterocycles. The smallest absolute Gasteiger partial charge is 0.234 e. The lowest BCUT2D eigenvalue weighted by Gasteiger charge is -2.43. The number of carbonyl (C=O) groups excluding carboxylic acids is 2. The Kier molecular flexibility index (Phi) is 7.49. The van der Waals surface area contributed by atoms with Gasteiger partial charge in [-0.05, 0) is 46.2 Å². The van der Waals surface area contributed by atoms with E-state index in [1.807, 2.05) is 6.92 Å². The summed E-state index contributed by atoms with van der Waals surface area (Å²) in [6.07, 6.45) is 4.38. The van der Waals surface area contributed by atoms with Crippen molar-refractivity contribution in [1.29, 1.82) is 0 Å². The molecule has 0 radical (unpaired) electrons. The summed E-state index contributed by atoms with van der Waals surface area (Å²) in [4.78, 5) is 33.9. The highest BCUT2D eigenvalue weighted by Crippen LogP contribution is 2.25. The number of nitrogens with one attached hydrogen (secondary N) is 1. The van der Waals surface area contributed by atoms with Crippen LogP contribution in [-0.4, -0.2) is 110 Å². The molecular weight excluding hydrogens is 342 g/mol. The third-order valence-corrected chi connectivity index (χ3v) is 6.43. The standard InChI is InChI=1S/C20H37N5O2/c1-3-21-19(26)16-23-9-6-18(7-10-23)25-8-4-5-17(15-25)20(27)24-13-11-22(2)12-14-24/h17-18H,3-16H2,1-2H3,(H,21,26)/t17-/m1/s1. The molecule has 1 N–H and O–H groups in total. The van der Waals surface area contributed by atoms with Crippen LogP contribution in [0.3, 0.4) is 0 Å². The van der Waals surface area contributed by atoms with E-state index in [0.717, 1.165) is 78.0 Å². The summed E-state index contributed by atoms with van der Waals surface area (Å²) >= 11 is 0. The summed E-state index contributed by atoms with van der Waals surface area (Å²) in [5, 5.41) is 2.88. The molecule has 0 aromatic rings. The van der Waals surface area contributed by atoms with Gasteiger partial charge >= 0.3 is 0 Å². The maximum Gasteiger partial charge on any atom is 0.234 e. The fourth-order valence-electron chi connectivity index (χ4n) is 4.72. The number of piperazine rings is 1. The van der Waals surface area contributed by atoms with E-state index >= 15 is 0 Å². The van der Waals surface area contributed by atoms with Crippen molar-refractivity contribution in [3.63, 3.8) is 0 Å². The van der Waals surface area contributed by atoms with Crippen LogP contribution in [0.1, 0.15) is 32.6 Å². The molecule has 27 heavy (non-hydrogen) atoms. The first kappa shape index (κ1) is 20.6. The van der Waals surface area contributed by atoms with E-state index in [1.54, 1.807) is 0 Å². The minimum Gasteiger partial charge on any atom is -0.355 e. The number of likely N-dealkylation sites (tertiary alicyclic amines) is 2. The van der Waals surface area contributed by atoms with Gasteiger partial charge in [-0.15, -0.1) is 0 Å². The molecule has 7 heteroatoms. The molecule has 7 nitrogen and oxygen atoms in total. The first-order chi connectivity index (χ1) is 13.1. The molecule has 3 rings (SSSR count). The molecule has 3 heterocycles. The number of nitrogens with zero attached hydrogens (tertiary/aromatic N) is 4. The molecular formula is C20H37N5O2. The summed E-state index contributed by atoms with van der Waals surface area (Å²) in [5.74, 6) is 0.684. The van der Waals surface area contributed by atoms with Gasteiger partial charge in [-0.2, -0.15) is 0 Å². The van der Waals surface area contributed by atoms with Gasteiger partial charge in [0.1, 0.15) is 0 Å². The van der Waals surface area contributed by atoms with Crippen molar-refractivity contribution in [2.24, 2.45) is 5.92 Å². The summed E-state index contributed by atoms with van der Waals surface area (Å²) in [7, 11) is 2.13. The maximum absolute atomic E-state index is 13.0. The largest absolute Gasteiger partial charge is 0.355 e. The van der Waals surface area contributed by atoms with Gasteiger partial charge in [0.25, 0.3) is 0 Å². The SMILES string of the molecule is CCNC(=O)CN1CCC(N2CCC[C@@H](C(=O)N3CCN(C)CC3)C2)CC1. The Hall–Kier alpha value is -1.18. The van der Waals surface area contributed by atoms with Crippen LogP contribution in [0.2, 0.25) is 0 Å². The first-order valence-corrected chi connectivity index (χ1v) is 10.8. The van der Waals surface area contributed by atoms with E-state index in [0.29, 0.717) is 25.0 Å². The normalized spacial score (nSPS) is 26.9. The monoisotopic (exact) mass is 379 g/mol. The van der Waals surface area contributed by atoms with Crippen molar-refractivity contribution in [3.8, 4) is 0 Å². The van der Waals surface area contributed by atoms with Crippen molar-refractivity contribution in [1.82, 2.24) is 24.9 Å². The van der Waals surface area contributed by atoms with Gasteiger partial charge in [-0.25, -0.2) is 0 Å². The molecule has 154 valence electrons. The maximum atomic E-state index is 13.0. The Labute approximate surface area is 164 Å². The third kappa shape index (κ3) is 5.65. The van der Waals surface area contributed by atoms with Crippen molar-refractivity contribution >= 4 is 11.8 Å². The molecule has 3 aliphatic heterocycles. The lowest BCUT2D eigenvalue weighted by molar-refractivity contribution is -0.139. The number of carbonyl (C=O) groups is 2. The zero-order chi connectivity index (χ0) is 19.2. The van der Waals surface area contributed by atoms with Gasteiger partial charge < -0.3 is 15.1 Å². The van der Waals surface area contributed by atoms with E-state index in [-0.39, 0.29) is 11.8 Å². The number of rotatable bonds is 5. The van der Waals surface area contributed by atoms with Crippen molar-refractivity contribution < 1.29 is 9.59 Å². The number of likely N-dealkylation sites (N-methyl/N-ethyl adjacent to an activating group) is 2. The van der Waals surface area contributed by atoms with E-state index < -0.39 is 0 Å². The summed E-state index contributed by atoms with van der Waals surface area (Å²) in [6.45, 7) is 10.9. The summed E-state index contributed by atoms with van der Waals surface area (Å²) in [5.41, 5.74) is 0.